The van der Waals surface area contributed by atoms with E-state index in [1.54, 1.807) is 26.0 Å². The lowest BCUT2D eigenvalue weighted by Crippen LogP contribution is -2.35. The van der Waals surface area contributed by atoms with Gasteiger partial charge in [0.15, 0.2) is 11.6 Å². The molecular weight excluding hydrogens is 283 g/mol. The number of aryl methyl sites for hydroxylation is 1. The average Bonchev–Trinajstić information content (AvgIpc) is 2.83. The highest BCUT2D eigenvalue weighted by atomic mass is 19.2. The van der Waals surface area contributed by atoms with Crippen LogP contribution in [0, 0.1) is 24.4 Å². The second kappa shape index (κ2) is 5.91. The van der Waals surface area contributed by atoms with Crippen molar-refractivity contribution in [2.24, 2.45) is 0 Å². The van der Waals surface area contributed by atoms with Crippen LogP contribution in [0.2, 0.25) is 0 Å². The molecule has 2 N–H and O–H groups in total. The SMILES string of the molecule is Cc1ccc(C(C)(O)CNCc2cc(F)c(F)cc2F)o1. The minimum Gasteiger partial charge on any atom is -0.463 e. The van der Waals surface area contributed by atoms with E-state index in [4.69, 9.17) is 4.42 Å². The number of nitrogens with one attached hydrogen (secondary N) is 1. The van der Waals surface area contributed by atoms with Crippen molar-refractivity contribution in [1.82, 2.24) is 5.32 Å². The predicted octanol–water partition coefficient (Wildman–Crippen LogP) is 3.00. The summed E-state index contributed by atoms with van der Waals surface area (Å²) in [7, 11) is 0. The van der Waals surface area contributed by atoms with Crippen LogP contribution < -0.4 is 5.32 Å². The van der Waals surface area contributed by atoms with Crippen LogP contribution >= 0.6 is 0 Å². The highest BCUT2D eigenvalue weighted by Crippen LogP contribution is 2.22. The molecule has 0 amide bonds. The molecule has 2 rings (SSSR count). The molecule has 0 saturated carbocycles. The van der Waals surface area contributed by atoms with E-state index in [0.717, 1.165) is 6.07 Å². The molecule has 0 spiro atoms. The minimum absolute atomic E-state index is 0.0136. The molecule has 1 atom stereocenters. The molecular formula is C15H16F3NO2. The van der Waals surface area contributed by atoms with E-state index in [1.807, 2.05) is 0 Å². The molecule has 1 heterocycles. The first-order valence-corrected chi connectivity index (χ1v) is 6.43. The number of rotatable bonds is 5. The fraction of sp³-hybridized carbons (Fsp3) is 0.333. The lowest BCUT2D eigenvalue weighted by Gasteiger charge is -2.21. The maximum absolute atomic E-state index is 13.4. The van der Waals surface area contributed by atoms with Crippen molar-refractivity contribution in [1.29, 1.82) is 0 Å². The maximum atomic E-state index is 13.4. The van der Waals surface area contributed by atoms with Crippen LogP contribution in [0.4, 0.5) is 13.2 Å². The van der Waals surface area contributed by atoms with Gasteiger partial charge in [0.2, 0.25) is 0 Å². The molecule has 21 heavy (non-hydrogen) atoms. The Labute approximate surface area is 120 Å². The van der Waals surface area contributed by atoms with Gasteiger partial charge < -0.3 is 14.8 Å². The van der Waals surface area contributed by atoms with E-state index in [9.17, 15) is 18.3 Å². The van der Waals surface area contributed by atoms with Crippen molar-refractivity contribution in [3.63, 3.8) is 0 Å². The summed E-state index contributed by atoms with van der Waals surface area (Å²) in [5, 5.41) is 13.1. The van der Waals surface area contributed by atoms with Crippen molar-refractivity contribution >= 4 is 0 Å². The fourth-order valence-corrected chi connectivity index (χ4v) is 1.95. The summed E-state index contributed by atoms with van der Waals surface area (Å²) in [6.45, 7) is 3.32. The molecule has 2 aromatic rings. The molecule has 6 heteroatoms. The van der Waals surface area contributed by atoms with Gasteiger partial charge in [0.25, 0.3) is 0 Å². The van der Waals surface area contributed by atoms with E-state index in [2.05, 4.69) is 5.32 Å². The molecule has 1 unspecified atom stereocenters. The summed E-state index contributed by atoms with van der Waals surface area (Å²) < 4.78 is 44.6. The van der Waals surface area contributed by atoms with Crippen LogP contribution in [0.3, 0.4) is 0 Å². The molecule has 3 nitrogen and oxygen atoms in total. The van der Waals surface area contributed by atoms with Crippen molar-refractivity contribution in [3.8, 4) is 0 Å². The maximum Gasteiger partial charge on any atom is 0.161 e. The molecule has 0 aliphatic heterocycles. The van der Waals surface area contributed by atoms with Gasteiger partial charge in [-0.25, -0.2) is 13.2 Å². The topological polar surface area (TPSA) is 45.4 Å². The third kappa shape index (κ3) is 3.65. The Kier molecular flexibility index (Phi) is 4.39. The molecule has 0 saturated heterocycles. The van der Waals surface area contributed by atoms with Crippen molar-refractivity contribution in [2.45, 2.75) is 26.0 Å². The third-order valence-electron chi connectivity index (χ3n) is 3.15. The zero-order valence-electron chi connectivity index (χ0n) is 11.7. The smallest absolute Gasteiger partial charge is 0.161 e. The Bertz CT molecular complexity index is 638. The van der Waals surface area contributed by atoms with Crippen LogP contribution in [0.1, 0.15) is 24.0 Å². The molecule has 0 aliphatic carbocycles. The highest BCUT2D eigenvalue weighted by Gasteiger charge is 2.26. The molecule has 114 valence electrons. The number of aliphatic hydroxyl groups is 1. The molecule has 0 radical (unpaired) electrons. The molecule has 0 aliphatic rings. The van der Waals surface area contributed by atoms with E-state index in [1.165, 1.54) is 0 Å². The number of halogens is 3. The first-order valence-electron chi connectivity index (χ1n) is 6.43. The number of furan rings is 1. The summed E-state index contributed by atoms with van der Waals surface area (Å²) >= 11 is 0. The minimum atomic E-state index is -1.29. The summed E-state index contributed by atoms with van der Waals surface area (Å²) in [4.78, 5) is 0. The highest BCUT2D eigenvalue weighted by molar-refractivity contribution is 5.20. The third-order valence-corrected chi connectivity index (χ3v) is 3.15. The van der Waals surface area contributed by atoms with Gasteiger partial charge in [0, 0.05) is 24.7 Å². The van der Waals surface area contributed by atoms with E-state index in [-0.39, 0.29) is 18.7 Å². The van der Waals surface area contributed by atoms with Crippen LogP contribution in [0.25, 0.3) is 0 Å². The summed E-state index contributed by atoms with van der Waals surface area (Å²) in [6, 6.07) is 4.66. The van der Waals surface area contributed by atoms with Crippen LogP contribution in [0.5, 0.6) is 0 Å². The van der Waals surface area contributed by atoms with Gasteiger partial charge in [0.1, 0.15) is 22.9 Å². The average molecular weight is 299 g/mol. The van der Waals surface area contributed by atoms with E-state index in [0.29, 0.717) is 17.6 Å². The Morgan fingerprint density at radius 2 is 1.81 bits per heavy atom. The normalized spacial score (nSPS) is 14.2. The predicted molar refractivity (Wildman–Crippen MR) is 71.0 cm³/mol. The van der Waals surface area contributed by atoms with Gasteiger partial charge >= 0.3 is 0 Å². The van der Waals surface area contributed by atoms with Gasteiger partial charge in [-0.15, -0.1) is 0 Å². The Morgan fingerprint density at radius 3 is 2.43 bits per heavy atom. The zero-order chi connectivity index (χ0) is 15.6. The summed E-state index contributed by atoms with van der Waals surface area (Å²) in [6.07, 6.45) is 0. The van der Waals surface area contributed by atoms with Gasteiger partial charge in [0.05, 0.1) is 0 Å². The monoisotopic (exact) mass is 299 g/mol. The fourth-order valence-electron chi connectivity index (χ4n) is 1.95. The lowest BCUT2D eigenvalue weighted by molar-refractivity contribution is 0.0332. The Hall–Kier alpha value is -1.79. The lowest BCUT2D eigenvalue weighted by atomic mass is 10.0. The van der Waals surface area contributed by atoms with Crippen molar-refractivity contribution in [2.75, 3.05) is 6.54 Å². The standard InChI is InChI=1S/C15H16F3NO2/c1-9-3-4-14(21-9)15(2,20)8-19-7-10-5-12(17)13(18)6-11(10)16/h3-6,19-20H,7-8H2,1-2H3. The number of hydrogen-bond donors (Lipinski definition) is 2. The summed E-state index contributed by atoms with van der Waals surface area (Å²) in [5.74, 6) is -2.14. The van der Waals surface area contributed by atoms with E-state index >= 15 is 0 Å². The van der Waals surface area contributed by atoms with Crippen molar-refractivity contribution in [3.05, 3.63) is 58.8 Å². The second-order valence-corrected chi connectivity index (χ2v) is 5.15. The quantitative estimate of drug-likeness (QED) is 0.834. The zero-order valence-corrected chi connectivity index (χ0v) is 11.7. The number of hydrogen-bond acceptors (Lipinski definition) is 3. The van der Waals surface area contributed by atoms with Gasteiger partial charge in [-0.2, -0.15) is 0 Å². The Balaban J connectivity index is 1.99. The molecule has 0 bridgehead atoms. The first-order chi connectivity index (χ1) is 9.79. The van der Waals surface area contributed by atoms with Crippen LogP contribution in [-0.4, -0.2) is 11.7 Å². The number of benzene rings is 1. The van der Waals surface area contributed by atoms with Crippen LogP contribution in [-0.2, 0) is 12.1 Å². The summed E-state index contributed by atoms with van der Waals surface area (Å²) in [5.41, 5.74) is -1.30. The molecule has 0 fully saturated rings. The Morgan fingerprint density at radius 1 is 1.14 bits per heavy atom. The van der Waals surface area contributed by atoms with Gasteiger partial charge in [-0.3, -0.25) is 0 Å². The van der Waals surface area contributed by atoms with Gasteiger partial charge in [-0.05, 0) is 32.0 Å². The van der Waals surface area contributed by atoms with Gasteiger partial charge in [-0.1, -0.05) is 0 Å². The largest absolute Gasteiger partial charge is 0.463 e. The van der Waals surface area contributed by atoms with E-state index < -0.39 is 23.1 Å². The molecule has 1 aromatic carbocycles. The van der Waals surface area contributed by atoms with Crippen molar-refractivity contribution < 1.29 is 22.7 Å². The van der Waals surface area contributed by atoms with Crippen LogP contribution in [0.15, 0.2) is 28.7 Å². The molecule has 1 aromatic heterocycles. The second-order valence-electron chi connectivity index (χ2n) is 5.15. The first kappa shape index (κ1) is 15.6.